The predicted octanol–water partition coefficient (Wildman–Crippen LogP) is 4.95. The van der Waals surface area contributed by atoms with Crippen LogP contribution in [0.25, 0.3) is 21.8 Å². The molecule has 184 valence electrons. The maximum atomic E-state index is 13.1. The van der Waals surface area contributed by atoms with E-state index in [1.807, 2.05) is 41.8 Å². The standard InChI is InChI=1S/C27H26FN5O2S/c1-35-23-8-4-20(5-9-23)27-30-22(17-36-27)16-29-26(34)19-12-14-33(15-13-19)25-11-10-24(31-32-25)18-2-6-21(28)7-3-18/h2-11,17,19H,12-16H2,1H3,(H,29,34). The van der Waals surface area contributed by atoms with Crippen LogP contribution in [0.2, 0.25) is 0 Å². The van der Waals surface area contributed by atoms with Gasteiger partial charge in [-0.15, -0.1) is 21.5 Å². The molecular weight excluding hydrogens is 477 g/mol. The highest BCUT2D eigenvalue weighted by atomic mass is 32.1. The number of halogens is 1. The number of benzene rings is 2. The Morgan fingerprint density at radius 3 is 2.42 bits per heavy atom. The van der Waals surface area contributed by atoms with Crippen molar-refractivity contribution in [1.82, 2.24) is 20.5 Å². The number of amides is 1. The lowest BCUT2D eigenvalue weighted by molar-refractivity contribution is -0.125. The van der Waals surface area contributed by atoms with Gasteiger partial charge in [0.1, 0.15) is 16.6 Å². The number of aromatic nitrogens is 3. The fraction of sp³-hybridized carbons (Fsp3) is 0.259. The molecule has 0 aliphatic carbocycles. The van der Waals surface area contributed by atoms with E-state index in [0.717, 1.165) is 59.3 Å². The summed E-state index contributed by atoms with van der Waals surface area (Å²) in [5, 5.41) is 14.6. The topological polar surface area (TPSA) is 80.2 Å². The molecule has 0 atom stereocenters. The van der Waals surface area contributed by atoms with Crippen LogP contribution < -0.4 is 15.0 Å². The molecule has 0 saturated carbocycles. The number of ether oxygens (including phenoxy) is 1. The van der Waals surface area contributed by atoms with Gasteiger partial charge in [-0.3, -0.25) is 4.79 Å². The Kier molecular flexibility index (Phi) is 7.18. The number of rotatable bonds is 7. The van der Waals surface area contributed by atoms with Gasteiger partial charge in [0.25, 0.3) is 0 Å². The first kappa shape index (κ1) is 23.9. The lowest BCUT2D eigenvalue weighted by Crippen LogP contribution is -2.40. The van der Waals surface area contributed by atoms with Gasteiger partial charge in [-0.1, -0.05) is 0 Å². The van der Waals surface area contributed by atoms with Crippen LogP contribution in [0.15, 0.2) is 66.0 Å². The van der Waals surface area contributed by atoms with E-state index in [2.05, 4.69) is 25.4 Å². The number of piperidine rings is 1. The summed E-state index contributed by atoms with van der Waals surface area (Å²) in [4.78, 5) is 19.6. The first-order valence-corrected chi connectivity index (χ1v) is 12.7. The fourth-order valence-corrected chi connectivity index (χ4v) is 5.04. The molecule has 7 nitrogen and oxygen atoms in total. The third kappa shape index (κ3) is 5.52. The summed E-state index contributed by atoms with van der Waals surface area (Å²) in [5.74, 6) is 1.34. The lowest BCUT2D eigenvalue weighted by atomic mass is 9.96. The summed E-state index contributed by atoms with van der Waals surface area (Å²) in [6.07, 6.45) is 1.50. The molecule has 2 aromatic carbocycles. The van der Waals surface area contributed by atoms with Crippen LogP contribution in [0.4, 0.5) is 10.2 Å². The van der Waals surface area contributed by atoms with Crippen LogP contribution in [-0.4, -0.2) is 41.3 Å². The van der Waals surface area contributed by atoms with E-state index >= 15 is 0 Å². The number of hydrogen-bond donors (Lipinski definition) is 1. The van der Waals surface area contributed by atoms with E-state index < -0.39 is 0 Å². The first-order chi connectivity index (χ1) is 17.6. The number of anilines is 1. The van der Waals surface area contributed by atoms with Crippen molar-refractivity contribution < 1.29 is 13.9 Å². The summed E-state index contributed by atoms with van der Waals surface area (Å²) >= 11 is 1.56. The molecule has 3 heterocycles. The van der Waals surface area contributed by atoms with Crippen LogP contribution in [0.3, 0.4) is 0 Å². The van der Waals surface area contributed by atoms with Gasteiger partial charge < -0.3 is 15.0 Å². The number of nitrogens with zero attached hydrogens (tertiary/aromatic N) is 4. The number of carbonyl (C=O) groups excluding carboxylic acids is 1. The highest BCUT2D eigenvalue weighted by molar-refractivity contribution is 7.13. The minimum absolute atomic E-state index is 0.0348. The Hall–Kier alpha value is -3.85. The van der Waals surface area contributed by atoms with E-state index in [4.69, 9.17) is 4.74 Å². The zero-order valence-corrected chi connectivity index (χ0v) is 20.7. The summed E-state index contributed by atoms with van der Waals surface area (Å²) in [6, 6.07) is 17.8. The molecule has 5 rings (SSSR count). The quantitative estimate of drug-likeness (QED) is 0.385. The molecule has 1 aliphatic rings. The third-order valence-electron chi connectivity index (χ3n) is 6.31. The van der Waals surface area contributed by atoms with E-state index in [1.165, 1.54) is 12.1 Å². The number of carbonyl (C=O) groups is 1. The third-order valence-corrected chi connectivity index (χ3v) is 7.25. The van der Waals surface area contributed by atoms with E-state index in [1.54, 1.807) is 30.6 Å². The van der Waals surface area contributed by atoms with Crippen molar-refractivity contribution in [2.24, 2.45) is 5.92 Å². The molecule has 1 fully saturated rings. The average Bonchev–Trinajstić information content (AvgIpc) is 3.41. The van der Waals surface area contributed by atoms with Gasteiger partial charge in [-0.2, -0.15) is 0 Å². The number of methoxy groups -OCH3 is 1. The summed E-state index contributed by atoms with van der Waals surface area (Å²) in [5.41, 5.74) is 3.40. The second-order valence-corrected chi connectivity index (χ2v) is 9.49. The van der Waals surface area contributed by atoms with Crippen molar-refractivity contribution in [3.05, 3.63) is 77.6 Å². The number of thiazole rings is 1. The molecule has 0 unspecified atom stereocenters. The van der Waals surface area contributed by atoms with Crippen molar-refractivity contribution in [2.75, 3.05) is 25.1 Å². The largest absolute Gasteiger partial charge is 0.497 e. The summed E-state index contributed by atoms with van der Waals surface area (Å²) in [6.45, 7) is 1.89. The molecule has 1 N–H and O–H groups in total. The monoisotopic (exact) mass is 503 g/mol. The Balaban J connectivity index is 1.10. The predicted molar refractivity (Wildman–Crippen MR) is 138 cm³/mol. The van der Waals surface area contributed by atoms with Gasteiger partial charge in [0.15, 0.2) is 5.82 Å². The van der Waals surface area contributed by atoms with E-state index in [-0.39, 0.29) is 17.6 Å². The van der Waals surface area contributed by atoms with Gasteiger partial charge in [-0.05, 0) is 73.5 Å². The molecule has 9 heteroatoms. The van der Waals surface area contributed by atoms with Crippen LogP contribution in [0.5, 0.6) is 5.75 Å². The summed E-state index contributed by atoms with van der Waals surface area (Å²) in [7, 11) is 1.64. The maximum Gasteiger partial charge on any atom is 0.223 e. The van der Waals surface area contributed by atoms with Crippen molar-refractivity contribution in [2.45, 2.75) is 19.4 Å². The highest BCUT2D eigenvalue weighted by Gasteiger charge is 2.26. The van der Waals surface area contributed by atoms with E-state index in [0.29, 0.717) is 12.2 Å². The molecule has 36 heavy (non-hydrogen) atoms. The van der Waals surface area contributed by atoms with Crippen molar-refractivity contribution in [1.29, 1.82) is 0 Å². The molecule has 0 spiro atoms. The van der Waals surface area contributed by atoms with Gasteiger partial charge in [-0.25, -0.2) is 9.37 Å². The molecule has 4 aromatic rings. The second-order valence-electron chi connectivity index (χ2n) is 8.64. The fourth-order valence-electron chi connectivity index (χ4n) is 4.22. The Morgan fingerprint density at radius 1 is 1.03 bits per heavy atom. The smallest absolute Gasteiger partial charge is 0.223 e. The van der Waals surface area contributed by atoms with Crippen LogP contribution in [0, 0.1) is 11.7 Å². The number of hydrogen-bond acceptors (Lipinski definition) is 7. The van der Waals surface area contributed by atoms with Crippen LogP contribution in [0.1, 0.15) is 18.5 Å². The highest BCUT2D eigenvalue weighted by Crippen LogP contribution is 2.26. The number of nitrogens with one attached hydrogen (secondary N) is 1. The van der Waals surface area contributed by atoms with Crippen LogP contribution in [-0.2, 0) is 11.3 Å². The Labute approximate surface area is 213 Å². The Morgan fingerprint density at radius 2 is 1.75 bits per heavy atom. The minimum atomic E-state index is -0.278. The first-order valence-electron chi connectivity index (χ1n) is 11.8. The van der Waals surface area contributed by atoms with Crippen molar-refractivity contribution >= 4 is 23.1 Å². The van der Waals surface area contributed by atoms with Crippen molar-refractivity contribution in [3.63, 3.8) is 0 Å². The molecule has 1 amide bonds. The maximum absolute atomic E-state index is 13.1. The molecule has 1 aliphatic heterocycles. The average molecular weight is 504 g/mol. The molecular formula is C27H26FN5O2S. The molecule has 0 radical (unpaired) electrons. The van der Waals surface area contributed by atoms with Crippen LogP contribution >= 0.6 is 11.3 Å². The van der Waals surface area contributed by atoms with Gasteiger partial charge >= 0.3 is 0 Å². The van der Waals surface area contributed by atoms with Gasteiger partial charge in [0.05, 0.1) is 25.0 Å². The lowest BCUT2D eigenvalue weighted by Gasteiger charge is -2.31. The molecule has 1 saturated heterocycles. The Bertz CT molecular complexity index is 1300. The van der Waals surface area contributed by atoms with Crippen molar-refractivity contribution in [3.8, 4) is 27.6 Å². The summed E-state index contributed by atoms with van der Waals surface area (Å²) < 4.78 is 18.3. The second kappa shape index (κ2) is 10.8. The zero-order valence-electron chi connectivity index (χ0n) is 19.9. The molecule has 2 aromatic heterocycles. The normalized spacial score (nSPS) is 14.0. The molecule has 0 bridgehead atoms. The van der Waals surface area contributed by atoms with Gasteiger partial charge in [0.2, 0.25) is 5.91 Å². The minimum Gasteiger partial charge on any atom is -0.497 e. The SMILES string of the molecule is COc1ccc(-c2nc(CNC(=O)C3CCN(c4ccc(-c5ccc(F)cc5)nn4)CC3)cs2)cc1. The zero-order chi connectivity index (χ0) is 24.9. The van der Waals surface area contributed by atoms with E-state index in [9.17, 15) is 9.18 Å². The van der Waals surface area contributed by atoms with Gasteiger partial charge in [0, 0.05) is 35.5 Å².